The van der Waals surface area contributed by atoms with Crippen molar-refractivity contribution in [2.75, 3.05) is 32.2 Å². The molecule has 0 radical (unpaired) electrons. The molecule has 0 amide bonds. The van der Waals surface area contributed by atoms with Crippen LogP contribution in [0.25, 0.3) is 11.3 Å². The van der Waals surface area contributed by atoms with Crippen molar-refractivity contribution in [1.82, 2.24) is 4.98 Å². The summed E-state index contributed by atoms with van der Waals surface area (Å²) in [5.41, 5.74) is 1.55. The summed E-state index contributed by atoms with van der Waals surface area (Å²) in [4.78, 5) is 17.2. The SMILES string of the molecule is COc1cc(OC)cc(-c2csc(N3CCC(S(=O)(=O)c4ccc([N+](=O)[O-])cc4)CC3)n2)c1. The maximum Gasteiger partial charge on any atom is 0.269 e. The summed E-state index contributed by atoms with van der Waals surface area (Å²) in [6, 6.07) is 10.7. The average molecular weight is 490 g/mol. The van der Waals surface area contributed by atoms with Crippen LogP contribution in [0.5, 0.6) is 11.5 Å². The molecule has 0 N–H and O–H groups in total. The fourth-order valence-corrected chi connectivity index (χ4v) is 6.43. The Morgan fingerprint density at radius 1 is 1.06 bits per heavy atom. The van der Waals surface area contributed by atoms with Gasteiger partial charge in [0.2, 0.25) is 0 Å². The number of piperidine rings is 1. The molecule has 1 aliphatic rings. The van der Waals surface area contributed by atoms with Gasteiger partial charge in [-0.05, 0) is 37.1 Å². The predicted molar refractivity (Wildman–Crippen MR) is 126 cm³/mol. The first-order valence-electron chi connectivity index (χ1n) is 10.2. The number of rotatable bonds is 7. The fourth-order valence-electron chi connectivity index (χ4n) is 3.80. The molecular formula is C22H23N3O6S2. The van der Waals surface area contributed by atoms with E-state index in [1.807, 2.05) is 17.5 Å². The third-order valence-electron chi connectivity index (χ3n) is 5.67. The van der Waals surface area contributed by atoms with Gasteiger partial charge in [0, 0.05) is 42.2 Å². The van der Waals surface area contributed by atoms with Crippen LogP contribution < -0.4 is 14.4 Å². The fraction of sp³-hybridized carbons (Fsp3) is 0.318. The van der Waals surface area contributed by atoms with E-state index < -0.39 is 20.0 Å². The number of thiazole rings is 1. The zero-order valence-electron chi connectivity index (χ0n) is 18.1. The highest BCUT2D eigenvalue weighted by Crippen LogP contribution is 2.34. The summed E-state index contributed by atoms with van der Waals surface area (Å²) >= 11 is 1.51. The van der Waals surface area contributed by atoms with Crippen LogP contribution >= 0.6 is 11.3 Å². The Morgan fingerprint density at radius 2 is 1.67 bits per heavy atom. The standard InChI is InChI=1S/C22H23N3O6S2/c1-30-17-11-15(12-18(13-17)31-2)21-14-32-22(23-21)24-9-7-20(8-10-24)33(28,29)19-5-3-16(4-6-19)25(26)27/h3-6,11-14,20H,7-10H2,1-2H3. The molecular weight excluding hydrogens is 466 g/mol. The van der Waals surface area contributed by atoms with E-state index in [2.05, 4.69) is 4.90 Å². The van der Waals surface area contributed by atoms with Crippen molar-refractivity contribution in [3.8, 4) is 22.8 Å². The third-order valence-corrected chi connectivity index (χ3v) is 8.85. The van der Waals surface area contributed by atoms with Crippen molar-refractivity contribution in [2.24, 2.45) is 0 Å². The molecule has 0 aliphatic carbocycles. The molecule has 4 rings (SSSR count). The van der Waals surface area contributed by atoms with Crippen LogP contribution in [0.2, 0.25) is 0 Å². The topological polar surface area (TPSA) is 112 Å². The van der Waals surface area contributed by atoms with Crippen molar-refractivity contribution >= 4 is 32.0 Å². The number of aromatic nitrogens is 1. The largest absolute Gasteiger partial charge is 0.497 e. The van der Waals surface area contributed by atoms with E-state index >= 15 is 0 Å². The van der Waals surface area contributed by atoms with Crippen LogP contribution in [0.15, 0.2) is 52.7 Å². The van der Waals surface area contributed by atoms with E-state index in [0.29, 0.717) is 37.4 Å². The molecule has 0 bridgehead atoms. The number of sulfone groups is 1. The zero-order valence-corrected chi connectivity index (χ0v) is 19.8. The van der Waals surface area contributed by atoms with Gasteiger partial charge in [-0.2, -0.15) is 0 Å². The minimum absolute atomic E-state index is 0.120. The number of nitro groups is 1. The van der Waals surface area contributed by atoms with E-state index in [1.54, 1.807) is 20.3 Å². The lowest BCUT2D eigenvalue weighted by atomic mass is 10.1. The van der Waals surface area contributed by atoms with Gasteiger partial charge in [0.15, 0.2) is 15.0 Å². The molecule has 1 saturated heterocycles. The van der Waals surface area contributed by atoms with E-state index in [9.17, 15) is 18.5 Å². The Balaban J connectivity index is 1.45. The number of hydrogen-bond acceptors (Lipinski definition) is 9. The van der Waals surface area contributed by atoms with Crippen molar-refractivity contribution in [3.05, 3.63) is 58.0 Å². The second-order valence-electron chi connectivity index (χ2n) is 7.60. The molecule has 3 aromatic rings. The van der Waals surface area contributed by atoms with E-state index in [1.165, 1.54) is 35.6 Å². The van der Waals surface area contributed by atoms with Crippen LogP contribution in [0.3, 0.4) is 0 Å². The first kappa shape index (κ1) is 23.0. The lowest BCUT2D eigenvalue weighted by molar-refractivity contribution is -0.384. The van der Waals surface area contributed by atoms with Gasteiger partial charge in [-0.3, -0.25) is 10.1 Å². The first-order valence-corrected chi connectivity index (χ1v) is 12.7. The highest BCUT2D eigenvalue weighted by atomic mass is 32.2. The van der Waals surface area contributed by atoms with Gasteiger partial charge >= 0.3 is 0 Å². The van der Waals surface area contributed by atoms with Gasteiger partial charge in [0.05, 0.1) is 35.0 Å². The van der Waals surface area contributed by atoms with Crippen molar-refractivity contribution in [1.29, 1.82) is 0 Å². The molecule has 2 aromatic carbocycles. The summed E-state index contributed by atoms with van der Waals surface area (Å²) in [6.07, 6.45) is 0.919. The number of non-ortho nitro benzene ring substituents is 1. The van der Waals surface area contributed by atoms with Crippen LogP contribution in [0.1, 0.15) is 12.8 Å². The number of nitrogens with zero attached hydrogens (tertiary/aromatic N) is 3. The van der Waals surface area contributed by atoms with Gasteiger partial charge < -0.3 is 14.4 Å². The molecule has 0 saturated carbocycles. The summed E-state index contributed by atoms with van der Waals surface area (Å²) < 4.78 is 36.7. The maximum absolute atomic E-state index is 13.0. The van der Waals surface area contributed by atoms with Gasteiger partial charge in [0.25, 0.3) is 5.69 Å². The number of hydrogen-bond donors (Lipinski definition) is 0. The summed E-state index contributed by atoms with van der Waals surface area (Å²) in [5, 5.41) is 13.1. The Bertz CT molecular complexity index is 1230. The minimum atomic E-state index is -3.56. The lowest BCUT2D eigenvalue weighted by Crippen LogP contribution is -2.39. The second-order valence-corrected chi connectivity index (χ2v) is 10.7. The highest BCUT2D eigenvalue weighted by Gasteiger charge is 2.32. The van der Waals surface area contributed by atoms with Crippen molar-refractivity contribution < 1.29 is 22.8 Å². The molecule has 1 aromatic heterocycles. The molecule has 0 unspecified atom stereocenters. The van der Waals surface area contributed by atoms with Crippen LogP contribution in [0.4, 0.5) is 10.8 Å². The Kier molecular flexibility index (Phi) is 6.52. The Hall–Kier alpha value is -3.18. The number of nitro benzene ring substituents is 1. The minimum Gasteiger partial charge on any atom is -0.497 e. The van der Waals surface area contributed by atoms with Crippen LogP contribution in [-0.4, -0.2) is 50.9 Å². The molecule has 0 spiro atoms. The number of methoxy groups -OCH3 is 2. The lowest BCUT2D eigenvalue weighted by Gasteiger charge is -2.31. The molecule has 1 fully saturated rings. The quantitative estimate of drug-likeness (QED) is 0.359. The average Bonchev–Trinajstić information content (AvgIpc) is 3.34. The second kappa shape index (κ2) is 9.36. The van der Waals surface area contributed by atoms with Gasteiger partial charge in [-0.25, -0.2) is 13.4 Å². The summed E-state index contributed by atoms with van der Waals surface area (Å²) in [5.74, 6) is 1.35. The maximum atomic E-state index is 13.0. The van der Waals surface area contributed by atoms with E-state index in [0.717, 1.165) is 16.4 Å². The normalized spacial score (nSPS) is 14.8. The smallest absolute Gasteiger partial charge is 0.269 e. The molecule has 33 heavy (non-hydrogen) atoms. The van der Waals surface area contributed by atoms with Gasteiger partial charge in [0.1, 0.15) is 11.5 Å². The van der Waals surface area contributed by atoms with Crippen LogP contribution in [-0.2, 0) is 9.84 Å². The molecule has 2 heterocycles. The first-order chi connectivity index (χ1) is 15.8. The number of ether oxygens (including phenoxy) is 2. The van der Waals surface area contributed by atoms with Gasteiger partial charge in [-0.15, -0.1) is 11.3 Å². The molecule has 0 atom stereocenters. The Morgan fingerprint density at radius 3 is 2.21 bits per heavy atom. The summed E-state index contributed by atoms with van der Waals surface area (Å²) in [7, 11) is -0.363. The third kappa shape index (κ3) is 4.79. The van der Waals surface area contributed by atoms with E-state index in [4.69, 9.17) is 14.5 Å². The highest BCUT2D eigenvalue weighted by molar-refractivity contribution is 7.92. The van der Waals surface area contributed by atoms with Crippen molar-refractivity contribution in [3.63, 3.8) is 0 Å². The molecule has 174 valence electrons. The van der Waals surface area contributed by atoms with Gasteiger partial charge in [-0.1, -0.05) is 0 Å². The molecule has 1 aliphatic heterocycles. The predicted octanol–water partition coefficient (Wildman–Crippen LogP) is 4.18. The molecule has 9 nitrogen and oxygen atoms in total. The monoisotopic (exact) mass is 489 g/mol. The number of anilines is 1. The Labute approximate surface area is 195 Å². The summed E-state index contributed by atoms with van der Waals surface area (Å²) in [6.45, 7) is 1.12. The zero-order chi connectivity index (χ0) is 23.6. The van der Waals surface area contributed by atoms with Crippen molar-refractivity contribution in [2.45, 2.75) is 23.0 Å². The number of benzene rings is 2. The van der Waals surface area contributed by atoms with E-state index in [-0.39, 0.29) is 10.6 Å². The molecule has 11 heteroatoms. The van der Waals surface area contributed by atoms with Crippen LogP contribution in [0, 0.1) is 10.1 Å².